The molecular weight excluding hydrogens is 278 g/mol. The molecule has 0 spiro atoms. The number of aryl methyl sites for hydroxylation is 1. The molecule has 1 heterocycles. The van der Waals surface area contributed by atoms with E-state index in [0.29, 0.717) is 6.42 Å². The highest BCUT2D eigenvalue weighted by Gasteiger charge is 2.20. The normalized spacial score (nSPS) is 11.6. The number of nitrogens with zero attached hydrogens (tertiary/aromatic N) is 1. The first-order chi connectivity index (χ1) is 10.4. The van der Waals surface area contributed by atoms with Crippen molar-refractivity contribution in [1.29, 1.82) is 0 Å². The molecule has 1 aromatic carbocycles. The number of para-hydroxylation sites is 1. The molecule has 0 unspecified atom stereocenters. The van der Waals surface area contributed by atoms with Crippen LogP contribution in [0.3, 0.4) is 0 Å². The van der Waals surface area contributed by atoms with Gasteiger partial charge in [-0.1, -0.05) is 18.2 Å². The maximum absolute atomic E-state index is 12.4. The number of hydrogen-bond acceptors (Lipinski definition) is 3. The number of carbonyl (C=O) groups is 2. The lowest BCUT2D eigenvalue weighted by Crippen LogP contribution is -2.26. The van der Waals surface area contributed by atoms with Crippen molar-refractivity contribution in [1.82, 2.24) is 4.57 Å². The number of aldehydes is 1. The molecule has 0 bridgehead atoms. The Morgan fingerprint density at radius 3 is 2.64 bits per heavy atom. The second-order valence-corrected chi connectivity index (χ2v) is 6.43. The van der Waals surface area contributed by atoms with E-state index >= 15 is 0 Å². The van der Waals surface area contributed by atoms with Crippen LogP contribution >= 0.6 is 0 Å². The summed E-state index contributed by atoms with van der Waals surface area (Å²) in [4.78, 5) is 22.7. The highest BCUT2D eigenvalue weighted by Crippen LogP contribution is 2.24. The quantitative estimate of drug-likeness (QED) is 0.610. The zero-order chi connectivity index (χ0) is 16.2. The largest absolute Gasteiger partial charge is 0.443 e. The Morgan fingerprint density at radius 1 is 1.23 bits per heavy atom. The van der Waals surface area contributed by atoms with E-state index in [0.717, 1.165) is 42.0 Å². The van der Waals surface area contributed by atoms with Gasteiger partial charge < -0.3 is 9.53 Å². The minimum Gasteiger partial charge on any atom is -0.443 e. The van der Waals surface area contributed by atoms with Crippen molar-refractivity contribution >= 4 is 23.3 Å². The number of hydrogen-bond donors (Lipinski definition) is 0. The molecule has 2 rings (SSSR count). The Morgan fingerprint density at radius 2 is 1.95 bits per heavy atom. The van der Waals surface area contributed by atoms with E-state index in [1.54, 1.807) is 4.57 Å². The summed E-state index contributed by atoms with van der Waals surface area (Å²) in [5.74, 6) is 0. The summed E-state index contributed by atoms with van der Waals surface area (Å²) in [7, 11) is 0. The van der Waals surface area contributed by atoms with Crippen LogP contribution in [0.2, 0.25) is 0 Å². The summed E-state index contributed by atoms with van der Waals surface area (Å²) in [5.41, 5.74) is 1.46. The van der Waals surface area contributed by atoms with Crippen molar-refractivity contribution in [3.8, 4) is 0 Å². The van der Waals surface area contributed by atoms with Gasteiger partial charge >= 0.3 is 6.09 Å². The van der Waals surface area contributed by atoms with Crippen molar-refractivity contribution in [3.63, 3.8) is 0 Å². The first-order valence-corrected chi connectivity index (χ1v) is 7.68. The zero-order valence-corrected chi connectivity index (χ0v) is 13.5. The Labute approximate surface area is 131 Å². The number of carbonyl (C=O) groups excluding carboxylic acids is 2. The van der Waals surface area contributed by atoms with Crippen molar-refractivity contribution < 1.29 is 14.3 Å². The van der Waals surface area contributed by atoms with Crippen LogP contribution in [0.5, 0.6) is 0 Å². The molecule has 0 aliphatic carbocycles. The molecule has 0 radical (unpaired) electrons. The molecule has 4 nitrogen and oxygen atoms in total. The van der Waals surface area contributed by atoms with Crippen LogP contribution in [0.1, 0.15) is 45.6 Å². The predicted octanol–water partition coefficient (Wildman–Crippen LogP) is 4.34. The first kappa shape index (κ1) is 16.3. The number of unbranched alkanes of at least 4 members (excludes halogenated alkanes) is 2. The molecule has 0 fully saturated rings. The average molecular weight is 301 g/mol. The number of benzene rings is 1. The molecule has 0 saturated carbocycles. The summed E-state index contributed by atoms with van der Waals surface area (Å²) < 4.78 is 7.04. The second kappa shape index (κ2) is 6.77. The van der Waals surface area contributed by atoms with Gasteiger partial charge in [0.15, 0.2) is 0 Å². The molecule has 2 aromatic rings. The molecule has 4 heteroatoms. The monoisotopic (exact) mass is 301 g/mol. The summed E-state index contributed by atoms with van der Waals surface area (Å²) in [6.45, 7) is 5.57. The number of rotatable bonds is 5. The summed E-state index contributed by atoms with van der Waals surface area (Å²) >= 11 is 0. The molecular formula is C18H23NO3. The van der Waals surface area contributed by atoms with E-state index < -0.39 is 5.60 Å². The third kappa shape index (κ3) is 3.97. The molecule has 0 atom stereocenters. The lowest BCUT2D eigenvalue weighted by molar-refractivity contribution is -0.107. The van der Waals surface area contributed by atoms with Crippen LogP contribution < -0.4 is 0 Å². The number of aromatic nitrogens is 1. The van der Waals surface area contributed by atoms with Gasteiger partial charge in [-0.2, -0.15) is 0 Å². The minimum absolute atomic E-state index is 0.358. The Balaban J connectivity index is 2.27. The maximum atomic E-state index is 12.4. The molecule has 1 aromatic heterocycles. The van der Waals surface area contributed by atoms with Crippen molar-refractivity contribution in [2.75, 3.05) is 0 Å². The van der Waals surface area contributed by atoms with Crippen LogP contribution in [0.25, 0.3) is 10.9 Å². The average Bonchev–Trinajstić information content (AvgIpc) is 2.81. The third-order valence-electron chi connectivity index (χ3n) is 3.40. The van der Waals surface area contributed by atoms with Crippen LogP contribution in [-0.2, 0) is 16.0 Å². The standard InChI is InChI=1S/C18H23NO3/c1-18(2,3)22-17(21)19-13-14(9-5-4-8-12-20)15-10-6-7-11-16(15)19/h6-7,10-13H,4-5,8-9H2,1-3H3. The predicted molar refractivity (Wildman–Crippen MR) is 87.2 cm³/mol. The molecule has 0 N–H and O–H groups in total. The second-order valence-electron chi connectivity index (χ2n) is 6.43. The number of fused-ring (bicyclic) bond motifs is 1. The third-order valence-corrected chi connectivity index (χ3v) is 3.40. The molecule has 0 amide bonds. The van der Waals surface area contributed by atoms with Gasteiger partial charge in [0.05, 0.1) is 5.52 Å². The zero-order valence-electron chi connectivity index (χ0n) is 13.5. The molecule has 22 heavy (non-hydrogen) atoms. The van der Waals surface area contributed by atoms with Gasteiger partial charge in [0.2, 0.25) is 0 Å². The van der Waals surface area contributed by atoms with E-state index in [9.17, 15) is 9.59 Å². The van der Waals surface area contributed by atoms with Gasteiger partial charge in [-0.3, -0.25) is 4.57 Å². The topological polar surface area (TPSA) is 48.3 Å². The van der Waals surface area contributed by atoms with E-state index in [2.05, 4.69) is 0 Å². The van der Waals surface area contributed by atoms with Crippen LogP contribution in [0, 0.1) is 0 Å². The summed E-state index contributed by atoms with van der Waals surface area (Å²) in [5, 5.41) is 1.07. The van der Waals surface area contributed by atoms with Gasteiger partial charge in [-0.25, -0.2) is 4.79 Å². The van der Waals surface area contributed by atoms with Crippen molar-refractivity contribution in [2.24, 2.45) is 0 Å². The fraction of sp³-hybridized carbons (Fsp3) is 0.444. The fourth-order valence-corrected chi connectivity index (χ4v) is 2.45. The van der Waals surface area contributed by atoms with E-state index in [1.807, 2.05) is 51.2 Å². The Kier molecular flexibility index (Phi) is 5.01. The van der Waals surface area contributed by atoms with Crippen molar-refractivity contribution in [2.45, 2.75) is 52.1 Å². The van der Waals surface area contributed by atoms with E-state index in [-0.39, 0.29) is 6.09 Å². The van der Waals surface area contributed by atoms with Crippen LogP contribution in [0.15, 0.2) is 30.5 Å². The fourth-order valence-electron chi connectivity index (χ4n) is 2.45. The Hall–Kier alpha value is -2.10. The smallest absolute Gasteiger partial charge is 0.419 e. The minimum atomic E-state index is -0.521. The van der Waals surface area contributed by atoms with Crippen molar-refractivity contribution in [3.05, 3.63) is 36.0 Å². The van der Waals surface area contributed by atoms with Gasteiger partial charge in [-0.05, 0) is 51.7 Å². The first-order valence-electron chi connectivity index (χ1n) is 7.68. The maximum Gasteiger partial charge on any atom is 0.419 e. The van der Waals surface area contributed by atoms with Gasteiger partial charge in [0.25, 0.3) is 0 Å². The number of ether oxygens (including phenoxy) is 1. The van der Waals surface area contributed by atoms with E-state index in [1.165, 1.54) is 0 Å². The SMILES string of the molecule is CC(C)(C)OC(=O)n1cc(CCCCC=O)c2ccccc21. The van der Waals surface area contributed by atoms with E-state index in [4.69, 9.17) is 4.74 Å². The van der Waals surface area contributed by atoms with Gasteiger partial charge in [0.1, 0.15) is 11.9 Å². The highest BCUT2D eigenvalue weighted by atomic mass is 16.6. The van der Waals surface area contributed by atoms with Gasteiger partial charge in [-0.15, -0.1) is 0 Å². The molecule has 0 aliphatic rings. The summed E-state index contributed by atoms with van der Waals surface area (Å²) in [6.07, 6.45) is 5.69. The highest BCUT2D eigenvalue weighted by molar-refractivity contribution is 5.92. The molecule has 0 aliphatic heterocycles. The molecule has 118 valence electrons. The molecule has 0 saturated heterocycles. The van der Waals surface area contributed by atoms with Crippen LogP contribution in [-0.4, -0.2) is 22.5 Å². The summed E-state index contributed by atoms with van der Waals surface area (Å²) in [6, 6.07) is 7.83. The van der Waals surface area contributed by atoms with Crippen LogP contribution in [0.4, 0.5) is 4.79 Å². The lowest BCUT2D eigenvalue weighted by Gasteiger charge is -2.19. The lowest BCUT2D eigenvalue weighted by atomic mass is 10.1. The van der Waals surface area contributed by atoms with Gasteiger partial charge in [0, 0.05) is 18.0 Å². The Bertz CT molecular complexity index is 665.